The van der Waals surface area contributed by atoms with Crippen LogP contribution in [0.3, 0.4) is 0 Å². The minimum absolute atomic E-state index is 0.290. The maximum absolute atomic E-state index is 5.05. The molecule has 1 aromatic heterocycles. The summed E-state index contributed by atoms with van der Waals surface area (Å²) in [7, 11) is -0.290. The van der Waals surface area contributed by atoms with Gasteiger partial charge in [-0.1, -0.05) is 6.92 Å². The Morgan fingerprint density at radius 3 is 2.90 bits per heavy atom. The monoisotopic (exact) mass is 177 g/mol. The highest BCUT2D eigenvalue weighted by Crippen LogP contribution is 2.18. The van der Waals surface area contributed by atoms with Gasteiger partial charge in [0.1, 0.15) is 21.2 Å². The summed E-state index contributed by atoms with van der Waals surface area (Å²) in [6.45, 7) is 2.02. The first kappa shape index (κ1) is 7.62. The predicted octanol–water partition coefficient (Wildman–Crippen LogP) is 0.189. The van der Waals surface area contributed by atoms with Crippen LogP contribution in [-0.4, -0.2) is 10.2 Å². The molecular weight excluding hydrogens is 168 g/mol. The third-order valence-electron chi connectivity index (χ3n) is 1.10. The molecule has 4 nitrogen and oxygen atoms in total. The smallest absolute Gasteiger partial charge is 0.317 e. The van der Waals surface area contributed by atoms with E-state index in [9.17, 15) is 0 Å². The molecule has 3 N–H and O–H groups in total. The Kier molecular flexibility index (Phi) is 2.34. The fourth-order valence-electron chi connectivity index (χ4n) is 0.603. The first-order valence-electron chi connectivity index (χ1n) is 2.83. The van der Waals surface area contributed by atoms with Gasteiger partial charge in [-0.05, 0) is 0 Å². The van der Waals surface area contributed by atoms with Crippen molar-refractivity contribution >= 4 is 21.2 Å². The SMILES string of the molecule is CCc1n[nH]c(=NN)[s+]1S. The number of aryl methyl sites for hydroxylation is 1. The van der Waals surface area contributed by atoms with Crippen molar-refractivity contribution in [3.63, 3.8) is 0 Å². The van der Waals surface area contributed by atoms with Gasteiger partial charge in [0.05, 0.1) is 0 Å². The van der Waals surface area contributed by atoms with Crippen molar-refractivity contribution < 1.29 is 0 Å². The van der Waals surface area contributed by atoms with Gasteiger partial charge in [0, 0.05) is 6.42 Å². The molecule has 0 bridgehead atoms. The molecule has 0 saturated heterocycles. The molecule has 56 valence electrons. The molecule has 0 aliphatic rings. The second kappa shape index (κ2) is 3.07. The number of nitrogens with zero attached hydrogens (tertiary/aromatic N) is 2. The zero-order chi connectivity index (χ0) is 7.56. The number of aromatic nitrogens is 2. The molecule has 0 fully saturated rings. The Balaban J connectivity index is 3.22. The van der Waals surface area contributed by atoms with Gasteiger partial charge in [0.2, 0.25) is 0 Å². The number of H-pyrrole nitrogens is 1. The number of nitrogens with two attached hydrogens (primary N) is 1. The zero-order valence-corrected chi connectivity index (χ0v) is 7.25. The Morgan fingerprint density at radius 2 is 2.60 bits per heavy atom. The minimum Gasteiger partial charge on any atom is -0.317 e. The predicted molar refractivity (Wildman–Crippen MR) is 44.6 cm³/mol. The molecule has 0 radical (unpaired) electrons. The Hall–Kier alpha value is -0.490. The highest BCUT2D eigenvalue weighted by molar-refractivity contribution is 8.33. The van der Waals surface area contributed by atoms with Crippen LogP contribution >= 0.6 is 21.2 Å². The molecule has 10 heavy (non-hydrogen) atoms. The highest BCUT2D eigenvalue weighted by atomic mass is 33.1. The van der Waals surface area contributed by atoms with E-state index in [1.165, 1.54) is 0 Å². The van der Waals surface area contributed by atoms with E-state index in [0.29, 0.717) is 4.80 Å². The maximum atomic E-state index is 5.05. The second-order valence-corrected chi connectivity index (χ2v) is 4.21. The van der Waals surface area contributed by atoms with E-state index in [2.05, 4.69) is 27.0 Å². The normalized spacial score (nSPS) is 14.2. The summed E-state index contributed by atoms with van der Waals surface area (Å²) in [5.74, 6) is 5.05. The number of thiol groups is 1. The van der Waals surface area contributed by atoms with Crippen LogP contribution in [0.2, 0.25) is 0 Å². The molecular formula is C4H9N4S2+. The molecule has 1 rings (SSSR count). The summed E-state index contributed by atoms with van der Waals surface area (Å²) in [6, 6.07) is 0. The second-order valence-electron chi connectivity index (χ2n) is 1.69. The van der Waals surface area contributed by atoms with Crippen LogP contribution in [0.25, 0.3) is 0 Å². The molecule has 0 saturated carbocycles. The lowest BCUT2D eigenvalue weighted by atomic mass is 10.5. The van der Waals surface area contributed by atoms with Crippen LogP contribution in [0.1, 0.15) is 11.9 Å². The summed E-state index contributed by atoms with van der Waals surface area (Å²) >= 11 is 4.27. The number of rotatable bonds is 1. The Bertz CT molecular complexity index is 273. The van der Waals surface area contributed by atoms with Crippen molar-refractivity contribution in [2.24, 2.45) is 10.9 Å². The molecule has 1 atom stereocenters. The van der Waals surface area contributed by atoms with Gasteiger partial charge in [-0.25, -0.2) is 5.10 Å². The Morgan fingerprint density at radius 1 is 1.90 bits per heavy atom. The zero-order valence-electron chi connectivity index (χ0n) is 5.53. The molecule has 1 heterocycles. The van der Waals surface area contributed by atoms with Crippen molar-refractivity contribution in [1.29, 1.82) is 0 Å². The van der Waals surface area contributed by atoms with E-state index in [4.69, 9.17) is 5.84 Å². The molecule has 0 spiro atoms. The number of hydrogen-bond acceptors (Lipinski definition) is 4. The highest BCUT2D eigenvalue weighted by Gasteiger charge is 2.13. The van der Waals surface area contributed by atoms with Crippen molar-refractivity contribution in [3.05, 3.63) is 9.81 Å². The van der Waals surface area contributed by atoms with Crippen LogP contribution in [0.5, 0.6) is 0 Å². The third kappa shape index (κ3) is 1.17. The van der Waals surface area contributed by atoms with E-state index in [0.717, 1.165) is 11.4 Å². The van der Waals surface area contributed by atoms with Crippen LogP contribution in [0, 0.1) is 0 Å². The molecule has 1 unspecified atom stereocenters. The van der Waals surface area contributed by atoms with Gasteiger partial charge < -0.3 is 5.84 Å². The van der Waals surface area contributed by atoms with E-state index >= 15 is 0 Å². The fourth-order valence-corrected chi connectivity index (χ4v) is 2.24. The van der Waals surface area contributed by atoms with E-state index in [1.54, 1.807) is 0 Å². The standard InChI is InChI=1S/C4H9N4S2/c1-2-3-7-8-4(6-5)10(3)9/h9H,2,5H2,1H3,(H,6,8)/q+1. The lowest BCUT2D eigenvalue weighted by Gasteiger charge is -1.73. The van der Waals surface area contributed by atoms with Crippen molar-refractivity contribution in [2.45, 2.75) is 13.3 Å². The summed E-state index contributed by atoms with van der Waals surface area (Å²) < 4.78 is 0. The topological polar surface area (TPSA) is 67.1 Å². The van der Waals surface area contributed by atoms with Gasteiger partial charge in [0.15, 0.2) is 0 Å². The minimum atomic E-state index is -0.290. The van der Waals surface area contributed by atoms with E-state index in [1.807, 2.05) is 6.92 Å². The molecule has 1 aromatic rings. The van der Waals surface area contributed by atoms with Crippen molar-refractivity contribution in [3.8, 4) is 0 Å². The van der Waals surface area contributed by atoms with Crippen molar-refractivity contribution in [1.82, 2.24) is 10.2 Å². The first-order chi connectivity index (χ1) is 4.79. The fraction of sp³-hybridized carbons (Fsp3) is 0.500. The quantitative estimate of drug-likeness (QED) is 0.188. The number of hydrogen-bond donors (Lipinski definition) is 3. The van der Waals surface area contributed by atoms with Crippen molar-refractivity contribution in [2.75, 3.05) is 0 Å². The largest absolute Gasteiger partial charge is 0.391 e. The average molecular weight is 177 g/mol. The lowest BCUT2D eigenvalue weighted by molar-refractivity contribution is 0.940. The van der Waals surface area contributed by atoms with E-state index in [-0.39, 0.29) is 9.50 Å². The first-order valence-corrected chi connectivity index (χ1v) is 5.11. The lowest BCUT2D eigenvalue weighted by Crippen LogP contribution is -2.03. The molecule has 0 aliphatic carbocycles. The van der Waals surface area contributed by atoms with Gasteiger partial charge in [0.25, 0.3) is 5.01 Å². The third-order valence-corrected chi connectivity index (χ3v) is 3.64. The summed E-state index contributed by atoms with van der Waals surface area (Å²) in [5.41, 5.74) is 0. The van der Waals surface area contributed by atoms with Crippen LogP contribution in [0.4, 0.5) is 0 Å². The van der Waals surface area contributed by atoms with Gasteiger partial charge >= 0.3 is 4.80 Å². The molecule has 0 aliphatic heterocycles. The van der Waals surface area contributed by atoms with Gasteiger partial charge in [-0.3, -0.25) is 0 Å². The van der Waals surface area contributed by atoms with Gasteiger partial charge in [-0.15, -0.1) is 10.2 Å². The number of nitrogens with one attached hydrogen (secondary N) is 1. The number of aromatic amines is 1. The van der Waals surface area contributed by atoms with Crippen LogP contribution in [0.15, 0.2) is 5.10 Å². The van der Waals surface area contributed by atoms with Crippen LogP contribution in [-0.2, 0) is 6.42 Å². The summed E-state index contributed by atoms with van der Waals surface area (Å²) in [6.07, 6.45) is 0.888. The molecule has 0 aromatic carbocycles. The van der Waals surface area contributed by atoms with E-state index < -0.39 is 0 Å². The average Bonchev–Trinajstić information content (AvgIpc) is 2.30. The molecule has 0 amide bonds. The summed E-state index contributed by atoms with van der Waals surface area (Å²) in [4.78, 5) is 0.653. The Labute approximate surface area is 65.9 Å². The summed E-state index contributed by atoms with van der Waals surface area (Å²) in [5, 5.41) is 11.2. The van der Waals surface area contributed by atoms with Gasteiger partial charge in [-0.2, -0.15) is 0 Å². The van der Waals surface area contributed by atoms with Crippen LogP contribution < -0.4 is 10.6 Å². The maximum Gasteiger partial charge on any atom is 0.391 e. The molecule has 6 heteroatoms.